The van der Waals surface area contributed by atoms with E-state index in [0.717, 1.165) is 25.7 Å². The Morgan fingerprint density at radius 3 is 2.53 bits per heavy atom. The Balaban J connectivity index is 2.36. The minimum Gasteiger partial charge on any atom is -0.356 e. The summed E-state index contributed by atoms with van der Waals surface area (Å²) in [6, 6.07) is 0. The third-order valence-corrected chi connectivity index (χ3v) is 3.79. The molecule has 0 aromatic heterocycles. The van der Waals surface area contributed by atoms with E-state index in [1.807, 2.05) is 18.7 Å². The number of nitrogens with two attached hydrogens (primary N) is 1. The molecule has 1 saturated heterocycles. The molecule has 0 saturated carbocycles. The average molecular weight is 269 g/mol. The molecule has 110 valence electrons. The van der Waals surface area contributed by atoms with Crippen LogP contribution in [0.5, 0.6) is 0 Å². The number of likely N-dealkylation sites (tertiary alicyclic amines) is 1. The fraction of sp³-hybridized carbons (Fsp3) is 0.857. The molecule has 0 radical (unpaired) electrons. The summed E-state index contributed by atoms with van der Waals surface area (Å²) in [5.74, 6) is 0.460. The van der Waals surface area contributed by atoms with Crippen LogP contribution in [0.3, 0.4) is 0 Å². The zero-order valence-electron chi connectivity index (χ0n) is 12.2. The molecule has 0 spiro atoms. The molecule has 1 unspecified atom stereocenters. The predicted octanol–water partition coefficient (Wildman–Crippen LogP) is 0.736. The predicted molar refractivity (Wildman–Crippen MR) is 75.4 cm³/mol. The highest BCUT2D eigenvalue weighted by molar-refractivity contribution is 5.80. The lowest BCUT2D eigenvalue weighted by atomic mass is 9.94. The van der Waals surface area contributed by atoms with Crippen LogP contribution in [0.1, 0.15) is 39.5 Å². The van der Waals surface area contributed by atoms with Gasteiger partial charge in [-0.2, -0.15) is 0 Å². The molecule has 1 fully saturated rings. The standard InChI is InChI=1S/C14H27N3O2/c1-3-16-13(18)12-6-9-17(10-7-12)14(19)11(2)5-4-8-15/h11-12H,3-10,15H2,1-2H3,(H,16,18). The summed E-state index contributed by atoms with van der Waals surface area (Å²) in [5, 5.41) is 2.85. The summed E-state index contributed by atoms with van der Waals surface area (Å²) < 4.78 is 0. The molecule has 0 aliphatic carbocycles. The van der Waals surface area contributed by atoms with Crippen molar-refractivity contribution in [3.63, 3.8) is 0 Å². The first-order chi connectivity index (χ1) is 9.10. The molecule has 1 atom stereocenters. The molecule has 2 amide bonds. The van der Waals surface area contributed by atoms with Gasteiger partial charge in [0.25, 0.3) is 0 Å². The summed E-state index contributed by atoms with van der Waals surface area (Å²) >= 11 is 0. The van der Waals surface area contributed by atoms with Crippen molar-refractivity contribution in [3.8, 4) is 0 Å². The second kappa shape index (κ2) is 8.15. The van der Waals surface area contributed by atoms with Crippen LogP contribution in [-0.4, -0.2) is 42.9 Å². The Hall–Kier alpha value is -1.10. The third kappa shape index (κ3) is 4.82. The monoisotopic (exact) mass is 269 g/mol. The lowest BCUT2D eigenvalue weighted by Gasteiger charge is -2.33. The molecule has 1 aliphatic heterocycles. The first-order valence-electron chi connectivity index (χ1n) is 7.36. The van der Waals surface area contributed by atoms with E-state index in [4.69, 9.17) is 5.73 Å². The number of amides is 2. The Kier molecular flexibility index (Phi) is 6.84. The molecule has 1 rings (SSSR count). The summed E-state index contributed by atoms with van der Waals surface area (Å²) in [6.07, 6.45) is 3.30. The lowest BCUT2D eigenvalue weighted by molar-refractivity contribution is -0.138. The second-order valence-electron chi connectivity index (χ2n) is 5.33. The summed E-state index contributed by atoms with van der Waals surface area (Å²) in [4.78, 5) is 25.8. The Labute approximate surface area is 115 Å². The summed E-state index contributed by atoms with van der Waals surface area (Å²) in [5.41, 5.74) is 5.47. The topological polar surface area (TPSA) is 75.4 Å². The van der Waals surface area contributed by atoms with E-state index in [2.05, 4.69) is 5.32 Å². The minimum atomic E-state index is 0.0459. The molecule has 0 aromatic carbocycles. The number of carbonyl (C=O) groups is 2. The van der Waals surface area contributed by atoms with Gasteiger partial charge in [-0.15, -0.1) is 0 Å². The Morgan fingerprint density at radius 1 is 1.37 bits per heavy atom. The van der Waals surface area contributed by atoms with Crippen molar-refractivity contribution >= 4 is 11.8 Å². The smallest absolute Gasteiger partial charge is 0.225 e. The minimum absolute atomic E-state index is 0.0459. The zero-order valence-corrected chi connectivity index (χ0v) is 12.2. The van der Waals surface area contributed by atoms with Crippen molar-refractivity contribution in [2.45, 2.75) is 39.5 Å². The summed E-state index contributed by atoms with van der Waals surface area (Å²) in [7, 11) is 0. The number of hydrogen-bond donors (Lipinski definition) is 2. The number of rotatable bonds is 6. The van der Waals surface area contributed by atoms with Gasteiger partial charge in [-0.3, -0.25) is 9.59 Å². The maximum atomic E-state index is 12.2. The van der Waals surface area contributed by atoms with Gasteiger partial charge in [0.2, 0.25) is 11.8 Å². The molecule has 0 aromatic rings. The van der Waals surface area contributed by atoms with Gasteiger partial charge in [-0.05, 0) is 39.2 Å². The van der Waals surface area contributed by atoms with Crippen LogP contribution in [0.15, 0.2) is 0 Å². The van der Waals surface area contributed by atoms with Crippen LogP contribution in [0, 0.1) is 11.8 Å². The highest BCUT2D eigenvalue weighted by atomic mass is 16.2. The van der Waals surface area contributed by atoms with Crippen molar-refractivity contribution in [2.24, 2.45) is 17.6 Å². The molecule has 19 heavy (non-hydrogen) atoms. The van der Waals surface area contributed by atoms with E-state index >= 15 is 0 Å². The van der Waals surface area contributed by atoms with E-state index in [1.54, 1.807) is 0 Å². The molecular weight excluding hydrogens is 242 g/mol. The van der Waals surface area contributed by atoms with E-state index < -0.39 is 0 Å². The molecule has 0 bridgehead atoms. The normalized spacial score (nSPS) is 18.2. The number of nitrogens with zero attached hydrogens (tertiary/aromatic N) is 1. The van der Waals surface area contributed by atoms with Crippen LogP contribution >= 0.6 is 0 Å². The molecule has 1 heterocycles. The fourth-order valence-electron chi connectivity index (χ4n) is 2.54. The van der Waals surface area contributed by atoms with E-state index in [-0.39, 0.29) is 23.7 Å². The van der Waals surface area contributed by atoms with Crippen molar-refractivity contribution in [2.75, 3.05) is 26.2 Å². The van der Waals surface area contributed by atoms with Gasteiger partial charge in [0.15, 0.2) is 0 Å². The first kappa shape index (κ1) is 16.0. The maximum Gasteiger partial charge on any atom is 0.225 e. The molecule has 1 aliphatic rings. The summed E-state index contributed by atoms with van der Waals surface area (Å²) in [6.45, 7) is 6.61. The molecule has 3 N–H and O–H groups in total. The Morgan fingerprint density at radius 2 is 2.00 bits per heavy atom. The fourth-order valence-corrected chi connectivity index (χ4v) is 2.54. The van der Waals surface area contributed by atoms with E-state index in [9.17, 15) is 9.59 Å². The van der Waals surface area contributed by atoms with Gasteiger partial charge >= 0.3 is 0 Å². The second-order valence-corrected chi connectivity index (χ2v) is 5.33. The third-order valence-electron chi connectivity index (χ3n) is 3.79. The molecular formula is C14H27N3O2. The van der Waals surface area contributed by atoms with Crippen molar-refractivity contribution in [3.05, 3.63) is 0 Å². The van der Waals surface area contributed by atoms with E-state index in [0.29, 0.717) is 26.2 Å². The number of hydrogen-bond acceptors (Lipinski definition) is 3. The number of piperidine rings is 1. The SMILES string of the molecule is CCNC(=O)C1CCN(C(=O)C(C)CCCN)CC1. The van der Waals surface area contributed by atoms with Gasteiger partial charge in [-0.25, -0.2) is 0 Å². The van der Waals surface area contributed by atoms with Crippen molar-refractivity contribution in [1.29, 1.82) is 0 Å². The van der Waals surface area contributed by atoms with Crippen LogP contribution in [0.2, 0.25) is 0 Å². The molecule has 5 heteroatoms. The molecule has 5 nitrogen and oxygen atoms in total. The first-order valence-corrected chi connectivity index (χ1v) is 7.36. The highest BCUT2D eigenvalue weighted by Crippen LogP contribution is 2.20. The highest BCUT2D eigenvalue weighted by Gasteiger charge is 2.28. The Bertz CT molecular complexity index is 299. The zero-order chi connectivity index (χ0) is 14.3. The largest absolute Gasteiger partial charge is 0.356 e. The number of nitrogens with one attached hydrogen (secondary N) is 1. The van der Waals surface area contributed by atoms with Gasteiger partial charge in [0, 0.05) is 31.5 Å². The van der Waals surface area contributed by atoms with Crippen LogP contribution < -0.4 is 11.1 Å². The maximum absolute atomic E-state index is 12.2. The number of carbonyl (C=O) groups excluding carboxylic acids is 2. The van der Waals surface area contributed by atoms with Gasteiger partial charge in [-0.1, -0.05) is 6.92 Å². The van der Waals surface area contributed by atoms with Gasteiger partial charge in [0.1, 0.15) is 0 Å². The average Bonchev–Trinajstić information content (AvgIpc) is 2.44. The van der Waals surface area contributed by atoms with Crippen LogP contribution in [-0.2, 0) is 9.59 Å². The van der Waals surface area contributed by atoms with Gasteiger partial charge < -0.3 is 16.0 Å². The van der Waals surface area contributed by atoms with Crippen molar-refractivity contribution < 1.29 is 9.59 Å². The quantitative estimate of drug-likeness (QED) is 0.746. The lowest BCUT2D eigenvalue weighted by Crippen LogP contribution is -2.44. The van der Waals surface area contributed by atoms with Crippen molar-refractivity contribution in [1.82, 2.24) is 10.2 Å². The van der Waals surface area contributed by atoms with Gasteiger partial charge in [0.05, 0.1) is 0 Å². The van der Waals surface area contributed by atoms with Crippen LogP contribution in [0.25, 0.3) is 0 Å². The van der Waals surface area contributed by atoms with E-state index in [1.165, 1.54) is 0 Å². The van der Waals surface area contributed by atoms with Crippen LogP contribution in [0.4, 0.5) is 0 Å².